The standard InChI is InChI=1S/C15H22ClN3O/c1-11(2)14(17)15(20)19-9-7-18(8-10-19)13-6-4-3-5-12(13)16/h3-6,11,14H,7-10,17H2,1-2H3/t14-/m1/s1. The molecule has 2 rings (SSSR count). The lowest BCUT2D eigenvalue weighted by molar-refractivity contribution is -0.133. The van der Waals surface area contributed by atoms with Crippen molar-refractivity contribution in [3.8, 4) is 0 Å². The summed E-state index contributed by atoms with van der Waals surface area (Å²) < 4.78 is 0. The topological polar surface area (TPSA) is 49.6 Å². The predicted molar refractivity (Wildman–Crippen MR) is 83.1 cm³/mol. The number of rotatable bonds is 3. The summed E-state index contributed by atoms with van der Waals surface area (Å²) >= 11 is 6.21. The molecule has 0 aliphatic carbocycles. The molecule has 0 saturated carbocycles. The highest BCUT2D eigenvalue weighted by Crippen LogP contribution is 2.26. The summed E-state index contributed by atoms with van der Waals surface area (Å²) in [4.78, 5) is 16.3. The Balaban J connectivity index is 1.96. The van der Waals surface area contributed by atoms with E-state index in [0.717, 1.165) is 23.8 Å². The number of carbonyl (C=O) groups is 1. The summed E-state index contributed by atoms with van der Waals surface area (Å²) in [5.41, 5.74) is 6.97. The van der Waals surface area contributed by atoms with Gasteiger partial charge in [0.05, 0.1) is 16.8 Å². The molecule has 110 valence electrons. The minimum absolute atomic E-state index is 0.0545. The number of nitrogens with two attached hydrogens (primary N) is 1. The van der Waals surface area contributed by atoms with Gasteiger partial charge in [-0.25, -0.2) is 0 Å². The maximum absolute atomic E-state index is 12.2. The van der Waals surface area contributed by atoms with E-state index in [-0.39, 0.29) is 11.8 Å². The van der Waals surface area contributed by atoms with E-state index in [1.54, 1.807) is 0 Å². The van der Waals surface area contributed by atoms with Crippen molar-refractivity contribution in [2.75, 3.05) is 31.1 Å². The van der Waals surface area contributed by atoms with Crippen LogP contribution >= 0.6 is 11.6 Å². The van der Waals surface area contributed by atoms with Crippen molar-refractivity contribution >= 4 is 23.2 Å². The first-order chi connectivity index (χ1) is 9.50. The van der Waals surface area contributed by atoms with Gasteiger partial charge in [-0.05, 0) is 18.1 Å². The third-order valence-corrected chi connectivity index (χ3v) is 4.11. The van der Waals surface area contributed by atoms with E-state index >= 15 is 0 Å². The molecule has 0 spiro atoms. The van der Waals surface area contributed by atoms with E-state index < -0.39 is 6.04 Å². The molecule has 1 atom stereocenters. The Kier molecular flexibility index (Phi) is 4.89. The Morgan fingerprint density at radius 1 is 1.20 bits per heavy atom. The third-order valence-electron chi connectivity index (χ3n) is 3.79. The van der Waals surface area contributed by atoms with Crippen LogP contribution in [0.3, 0.4) is 0 Å². The third kappa shape index (κ3) is 3.25. The molecule has 4 nitrogen and oxygen atoms in total. The highest BCUT2D eigenvalue weighted by atomic mass is 35.5. The van der Waals surface area contributed by atoms with Gasteiger partial charge in [0.1, 0.15) is 0 Å². The summed E-state index contributed by atoms with van der Waals surface area (Å²) in [5, 5.41) is 0.756. The van der Waals surface area contributed by atoms with E-state index in [1.807, 2.05) is 43.0 Å². The number of halogens is 1. The number of hydrogen-bond donors (Lipinski definition) is 1. The minimum atomic E-state index is -0.401. The van der Waals surface area contributed by atoms with Crippen molar-refractivity contribution in [2.45, 2.75) is 19.9 Å². The fourth-order valence-electron chi connectivity index (χ4n) is 2.37. The molecule has 0 bridgehead atoms. The maximum Gasteiger partial charge on any atom is 0.239 e. The number of benzene rings is 1. The number of carbonyl (C=O) groups excluding carboxylic acids is 1. The van der Waals surface area contributed by atoms with Gasteiger partial charge in [-0.15, -0.1) is 0 Å². The van der Waals surface area contributed by atoms with E-state index in [0.29, 0.717) is 13.1 Å². The molecule has 0 aromatic heterocycles. The molecule has 1 amide bonds. The summed E-state index contributed by atoms with van der Waals surface area (Å²) in [6.07, 6.45) is 0. The molecule has 1 aliphatic heterocycles. The zero-order valence-electron chi connectivity index (χ0n) is 12.1. The molecular weight excluding hydrogens is 274 g/mol. The molecule has 2 N–H and O–H groups in total. The fourth-order valence-corrected chi connectivity index (χ4v) is 2.63. The SMILES string of the molecule is CC(C)[C@@H](N)C(=O)N1CCN(c2ccccc2Cl)CC1. The lowest BCUT2D eigenvalue weighted by Gasteiger charge is -2.37. The van der Waals surface area contributed by atoms with Gasteiger partial charge in [0, 0.05) is 26.2 Å². The maximum atomic E-state index is 12.2. The van der Waals surface area contributed by atoms with Gasteiger partial charge in [0.15, 0.2) is 0 Å². The number of para-hydroxylation sites is 1. The highest BCUT2D eigenvalue weighted by Gasteiger charge is 2.27. The molecular formula is C15H22ClN3O. The Morgan fingerprint density at radius 2 is 1.80 bits per heavy atom. The molecule has 1 aliphatic rings. The van der Waals surface area contributed by atoms with Crippen LogP contribution < -0.4 is 10.6 Å². The van der Waals surface area contributed by atoms with Gasteiger partial charge >= 0.3 is 0 Å². The smallest absolute Gasteiger partial charge is 0.239 e. The number of hydrogen-bond acceptors (Lipinski definition) is 3. The quantitative estimate of drug-likeness (QED) is 0.927. The monoisotopic (exact) mass is 295 g/mol. The van der Waals surface area contributed by atoms with Crippen molar-refractivity contribution in [1.29, 1.82) is 0 Å². The van der Waals surface area contributed by atoms with Crippen LogP contribution in [0.4, 0.5) is 5.69 Å². The first kappa shape index (κ1) is 15.1. The molecule has 1 fully saturated rings. The average Bonchev–Trinajstić information content (AvgIpc) is 2.46. The van der Waals surface area contributed by atoms with Crippen molar-refractivity contribution in [3.63, 3.8) is 0 Å². The molecule has 1 heterocycles. The summed E-state index contributed by atoms with van der Waals surface area (Å²) in [7, 11) is 0. The van der Waals surface area contributed by atoms with Crippen LogP contribution in [-0.2, 0) is 4.79 Å². The zero-order chi connectivity index (χ0) is 14.7. The number of anilines is 1. The van der Waals surface area contributed by atoms with Crippen molar-refractivity contribution in [2.24, 2.45) is 11.7 Å². The first-order valence-corrected chi connectivity index (χ1v) is 7.42. The number of piperazine rings is 1. The number of nitrogens with zero attached hydrogens (tertiary/aromatic N) is 2. The molecule has 0 unspecified atom stereocenters. The number of amides is 1. The van der Waals surface area contributed by atoms with E-state index in [2.05, 4.69) is 4.90 Å². The Hall–Kier alpha value is -1.26. The zero-order valence-corrected chi connectivity index (χ0v) is 12.8. The molecule has 0 radical (unpaired) electrons. The normalized spacial score (nSPS) is 17.4. The highest BCUT2D eigenvalue weighted by molar-refractivity contribution is 6.33. The van der Waals surface area contributed by atoms with Crippen LogP contribution in [0.1, 0.15) is 13.8 Å². The van der Waals surface area contributed by atoms with Crippen LogP contribution in [0.15, 0.2) is 24.3 Å². The van der Waals surface area contributed by atoms with E-state index in [9.17, 15) is 4.79 Å². The van der Waals surface area contributed by atoms with Gasteiger partial charge < -0.3 is 15.5 Å². The summed E-state index contributed by atoms with van der Waals surface area (Å²) in [5.74, 6) is 0.225. The van der Waals surface area contributed by atoms with Crippen LogP contribution in [0.25, 0.3) is 0 Å². The Labute approximate surface area is 125 Å². The van der Waals surface area contributed by atoms with Gasteiger partial charge in [-0.2, -0.15) is 0 Å². The second-order valence-electron chi connectivity index (χ2n) is 5.53. The molecule has 1 saturated heterocycles. The first-order valence-electron chi connectivity index (χ1n) is 7.04. The molecule has 5 heteroatoms. The Bertz CT molecular complexity index is 470. The van der Waals surface area contributed by atoms with Crippen LogP contribution in [0.2, 0.25) is 5.02 Å². The van der Waals surface area contributed by atoms with Crippen molar-refractivity contribution in [1.82, 2.24) is 4.90 Å². The van der Waals surface area contributed by atoms with Gasteiger partial charge in [-0.3, -0.25) is 4.79 Å². The largest absolute Gasteiger partial charge is 0.367 e. The van der Waals surface area contributed by atoms with Gasteiger partial charge in [0.25, 0.3) is 0 Å². The van der Waals surface area contributed by atoms with Crippen molar-refractivity contribution in [3.05, 3.63) is 29.3 Å². The second kappa shape index (κ2) is 6.46. The fraction of sp³-hybridized carbons (Fsp3) is 0.533. The van der Waals surface area contributed by atoms with Crippen LogP contribution in [0, 0.1) is 5.92 Å². The molecule has 1 aromatic rings. The van der Waals surface area contributed by atoms with E-state index in [4.69, 9.17) is 17.3 Å². The van der Waals surface area contributed by atoms with Gasteiger partial charge in [0.2, 0.25) is 5.91 Å². The average molecular weight is 296 g/mol. The van der Waals surface area contributed by atoms with E-state index in [1.165, 1.54) is 0 Å². The van der Waals surface area contributed by atoms with Gasteiger partial charge in [-0.1, -0.05) is 37.6 Å². The van der Waals surface area contributed by atoms with Crippen LogP contribution in [0.5, 0.6) is 0 Å². The summed E-state index contributed by atoms with van der Waals surface area (Å²) in [6, 6.07) is 7.41. The lowest BCUT2D eigenvalue weighted by Crippen LogP contribution is -2.54. The van der Waals surface area contributed by atoms with Crippen molar-refractivity contribution < 1.29 is 4.79 Å². The Morgan fingerprint density at radius 3 is 2.35 bits per heavy atom. The summed E-state index contributed by atoms with van der Waals surface area (Å²) in [6.45, 7) is 6.93. The minimum Gasteiger partial charge on any atom is -0.367 e. The molecule has 20 heavy (non-hydrogen) atoms. The molecule has 1 aromatic carbocycles. The predicted octanol–water partition coefficient (Wildman–Crippen LogP) is 1.97. The lowest BCUT2D eigenvalue weighted by atomic mass is 10.0. The van der Waals surface area contributed by atoms with Crippen LogP contribution in [-0.4, -0.2) is 43.0 Å². The second-order valence-corrected chi connectivity index (χ2v) is 5.94.